The van der Waals surface area contributed by atoms with Crippen molar-refractivity contribution < 1.29 is 5.11 Å². The number of aliphatic hydroxyl groups is 1. The highest BCUT2D eigenvalue weighted by Gasteiger charge is 2.00. The minimum atomic E-state index is 0.271. The Morgan fingerprint density at radius 2 is 2.18 bits per heavy atom. The molecule has 1 aliphatic rings. The lowest BCUT2D eigenvalue weighted by molar-refractivity contribution is 0.428. The number of hydrogen-bond acceptors (Lipinski definition) is 2. The molecule has 0 saturated heterocycles. The first-order valence-electron chi connectivity index (χ1n) is 3.49. The van der Waals surface area contributed by atoms with Crippen molar-refractivity contribution in [1.82, 2.24) is 5.09 Å². The Morgan fingerprint density at radius 3 is 2.82 bits per heavy atom. The molecule has 0 amide bonds. The van der Waals surface area contributed by atoms with E-state index in [1.54, 1.807) is 12.2 Å². The van der Waals surface area contributed by atoms with Crippen LogP contribution in [0.4, 0.5) is 0 Å². The van der Waals surface area contributed by atoms with Gasteiger partial charge in [-0.1, -0.05) is 13.0 Å². The van der Waals surface area contributed by atoms with Gasteiger partial charge in [0.2, 0.25) is 0 Å². The van der Waals surface area contributed by atoms with Gasteiger partial charge in [0.1, 0.15) is 5.76 Å². The van der Waals surface area contributed by atoms with Crippen molar-refractivity contribution in [1.29, 1.82) is 0 Å². The second-order valence-corrected chi connectivity index (χ2v) is 2.84. The predicted molar refractivity (Wildman–Crippen MR) is 49.9 cm³/mol. The van der Waals surface area contributed by atoms with Gasteiger partial charge in [-0.05, 0) is 33.5 Å². The van der Waals surface area contributed by atoms with Crippen molar-refractivity contribution in [2.45, 2.75) is 6.92 Å². The lowest BCUT2D eigenvalue weighted by Crippen LogP contribution is -1.95. The summed E-state index contributed by atoms with van der Waals surface area (Å²) in [7, 11) is 2.42. The summed E-state index contributed by atoms with van der Waals surface area (Å²) in [6, 6.07) is 0. The number of rotatable bonds is 1. The number of aliphatic hydroxyl groups excluding tert-OH is 1. The number of nitrogens with one attached hydrogen (secondary N) is 1. The molecule has 0 aromatic heterocycles. The fourth-order valence-electron chi connectivity index (χ4n) is 0.983. The van der Waals surface area contributed by atoms with Gasteiger partial charge in [0.25, 0.3) is 0 Å². The van der Waals surface area contributed by atoms with E-state index in [1.165, 1.54) is 0 Å². The molecular formula is C8H12NOP. The lowest BCUT2D eigenvalue weighted by Gasteiger charge is -2.00. The number of allylic oxidation sites excluding steroid dienone is 4. The van der Waals surface area contributed by atoms with Crippen LogP contribution in [0, 0.1) is 5.92 Å². The fraction of sp³-hybridized carbons (Fsp3) is 0.250. The Hall–Kier alpha value is -0.750. The van der Waals surface area contributed by atoms with Crippen molar-refractivity contribution in [3.8, 4) is 0 Å². The summed E-state index contributed by atoms with van der Waals surface area (Å²) in [5.74, 6) is 0.594. The van der Waals surface area contributed by atoms with E-state index < -0.39 is 0 Å². The molecule has 0 aromatic carbocycles. The van der Waals surface area contributed by atoms with E-state index in [1.807, 2.05) is 19.1 Å². The molecule has 0 radical (unpaired) electrons. The van der Waals surface area contributed by atoms with Crippen LogP contribution in [-0.2, 0) is 0 Å². The molecule has 2 nitrogen and oxygen atoms in total. The van der Waals surface area contributed by atoms with E-state index in [0.717, 1.165) is 5.70 Å². The van der Waals surface area contributed by atoms with Crippen molar-refractivity contribution in [3.63, 3.8) is 0 Å². The lowest BCUT2D eigenvalue weighted by atomic mass is 10.1. The second kappa shape index (κ2) is 3.59. The standard InChI is InChI=1S/C8H12NOP/c1-6-4-7(9-11)2-3-8(10)5-6/h2-6,9-10H,11H2,1H3. The van der Waals surface area contributed by atoms with Crippen LogP contribution in [0.2, 0.25) is 0 Å². The topological polar surface area (TPSA) is 32.3 Å². The Kier molecular flexibility index (Phi) is 2.72. The monoisotopic (exact) mass is 169 g/mol. The summed E-state index contributed by atoms with van der Waals surface area (Å²) in [6.07, 6.45) is 7.34. The Labute approximate surface area is 68.9 Å². The minimum absolute atomic E-state index is 0.271. The molecule has 1 rings (SSSR count). The van der Waals surface area contributed by atoms with Crippen LogP contribution in [0.5, 0.6) is 0 Å². The van der Waals surface area contributed by atoms with Crippen LogP contribution in [0.25, 0.3) is 0 Å². The minimum Gasteiger partial charge on any atom is -0.508 e. The smallest absolute Gasteiger partial charge is 0.112 e. The Balaban J connectivity index is 2.83. The van der Waals surface area contributed by atoms with E-state index >= 15 is 0 Å². The molecule has 11 heavy (non-hydrogen) atoms. The molecular weight excluding hydrogens is 157 g/mol. The highest BCUT2D eigenvalue weighted by Crippen LogP contribution is 2.12. The molecule has 0 aliphatic heterocycles. The Bertz CT molecular complexity index is 230. The third-order valence-electron chi connectivity index (χ3n) is 1.48. The van der Waals surface area contributed by atoms with E-state index in [2.05, 4.69) is 14.5 Å². The summed E-state index contributed by atoms with van der Waals surface area (Å²) >= 11 is 0. The number of hydrogen-bond donors (Lipinski definition) is 2. The second-order valence-electron chi connectivity index (χ2n) is 2.55. The van der Waals surface area contributed by atoms with Gasteiger partial charge in [-0.2, -0.15) is 0 Å². The summed E-state index contributed by atoms with van der Waals surface area (Å²) in [6.45, 7) is 2.02. The quantitative estimate of drug-likeness (QED) is 0.587. The molecule has 0 aromatic rings. The summed E-state index contributed by atoms with van der Waals surface area (Å²) in [4.78, 5) is 0. The van der Waals surface area contributed by atoms with Gasteiger partial charge in [0.05, 0.1) is 0 Å². The maximum absolute atomic E-state index is 9.18. The van der Waals surface area contributed by atoms with Crippen LogP contribution >= 0.6 is 9.39 Å². The molecule has 1 aliphatic carbocycles. The summed E-state index contributed by atoms with van der Waals surface area (Å²) < 4.78 is 0. The zero-order chi connectivity index (χ0) is 8.27. The highest BCUT2D eigenvalue weighted by molar-refractivity contribution is 7.14. The Morgan fingerprint density at radius 1 is 1.45 bits per heavy atom. The molecule has 0 spiro atoms. The van der Waals surface area contributed by atoms with E-state index in [9.17, 15) is 5.11 Å². The maximum Gasteiger partial charge on any atom is 0.112 e. The van der Waals surface area contributed by atoms with Crippen LogP contribution in [0.3, 0.4) is 0 Å². The summed E-state index contributed by atoms with van der Waals surface area (Å²) in [5.41, 5.74) is 1.00. The van der Waals surface area contributed by atoms with Crippen LogP contribution < -0.4 is 5.09 Å². The van der Waals surface area contributed by atoms with Gasteiger partial charge >= 0.3 is 0 Å². The molecule has 2 N–H and O–H groups in total. The van der Waals surface area contributed by atoms with Crippen molar-refractivity contribution in [2.24, 2.45) is 5.92 Å². The SMILES string of the molecule is CC1C=C(O)C=CC(NP)=C1. The van der Waals surface area contributed by atoms with Gasteiger partial charge in [-0.15, -0.1) is 0 Å². The van der Waals surface area contributed by atoms with Gasteiger partial charge in [-0.25, -0.2) is 0 Å². The molecule has 0 saturated carbocycles. The molecule has 2 unspecified atom stereocenters. The van der Waals surface area contributed by atoms with Gasteiger partial charge in [0.15, 0.2) is 0 Å². The molecule has 3 heteroatoms. The maximum atomic E-state index is 9.18. The molecule has 2 atom stereocenters. The predicted octanol–water partition coefficient (Wildman–Crippen LogP) is 1.90. The third kappa shape index (κ3) is 2.39. The highest BCUT2D eigenvalue weighted by atomic mass is 31.0. The van der Waals surface area contributed by atoms with Crippen LogP contribution in [-0.4, -0.2) is 5.11 Å². The molecule has 60 valence electrons. The largest absolute Gasteiger partial charge is 0.508 e. The molecule has 0 bridgehead atoms. The van der Waals surface area contributed by atoms with Crippen molar-refractivity contribution >= 4 is 9.39 Å². The zero-order valence-electron chi connectivity index (χ0n) is 6.41. The van der Waals surface area contributed by atoms with E-state index in [-0.39, 0.29) is 5.92 Å². The van der Waals surface area contributed by atoms with E-state index in [4.69, 9.17) is 0 Å². The first-order valence-corrected chi connectivity index (χ1v) is 4.07. The normalized spacial score (nSPS) is 23.6. The van der Waals surface area contributed by atoms with Gasteiger partial charge < -0.3 is 10.2 Å². The van der Waals surface area contributed by atoms with E-state index in [0.29, 0.717) is 5.76 Å². The molecule has 0 fully saturated rings. The van der Waals surface area contributed by atoms with Crippen LogP contribution in [0.1, 0.15) is 6.92 Å². The first kappa shape index (κ1) is 8.35. The fourth-order valence-corrected chi connectivity index (χ4v) is 1.18. The van der Waals surface area contributed by atoms with Crippen molar-refractivity contribution in [3.05, 3.63) is 35.8 Å². The average molecular weight is 169 g/mol. The van der Waals surface area contributed by atoms with Gasteiger partial charge in [0, 0.05) is 5.70 Å². The zero-order valence-corrected chi connectivity index (χ0v) is 7.57. The molecule has 0 heterocycles. The third-order valence-corrected chi connectivity index (χ3v) is 1.81. The average Bonchev–Trinajstić information content (AvgIpc) is 2.11. The summed E-state index contributed by atoms with van der Waals surface area (Å²) in [5, 5.41) is 12.1. The van der Waals surface area contributed by atoms with Gasteiger partial charge in [-0.3, -0.25) is 0 Å². The van der Waals surface area contributed by atoms with Crippen molar-refractivity contribution in [2.75, 3.05) is 0 Å². The first-order chi connectivity index (χ1) is 5.22. The van der Waals surface area contributed by atoms with Crippen LogP contribution in [0.15, 0.2) is 35.8 Å².